The van der Waals surface area contributed by atoms with Crippen LogP contribution in [0.5, 0.6) is 0 Å². The maximum atomic E-state index is 5.70. The van der Waals surface area contributed by atoms with Crippen LogP contribution in [0, 0.1) is 0 Å². The molecule has 0 saturated carbocycles. The molecule has 2 aromatic rings. The van der Waals surface area contributed by atoms with Gasteiger partial charge in [0.25, 0.3) is 0 Å². The molecule has 0 bridgehead atoms. The third kappa shape index (κ3) is 12.1. The second-order valence-corrected chi connectivity index (χ2v) is 2.99. The van der Waals surface area contributed by atoms with Crippen LogP contribution in [0.25, 0.3) is 11.1 Å². The summed E-state index contributed by atoms with van der Waals surface area (Å²) in [6, 6.07) is 18.1. The van der Waals surface area contributed by atoms with E-state index in [2.05, 4.69) is 27.4 Å². The summed E-state index contributed by atoms with van der Waals surface area (Å²) in [4.78, 5) is 0. The Labute approximate surface area is 135 Å². The Morgan fingerprint density at radius 3 is 1.48 bits per heavy atom. The van der Waals surface area contributed by atoms with Crippen LogP contribution in [-0.2, 0) is 0 Å². The highest BCUT2D eigenvalue weighted by Crippen LogP contribution is 2.20. The summed E-state index contributed by atoms with van der Waals surface area (Å²) in [5.74, 6) is 0. The molecule has 0 spiro atoms. The van der Waals surface area contributed by atoms with E-state index in [1.54, 1.807) is 0 Å². The van der Waals surface area contributed by atoms with E-state index in [9.17, 15) is 0 Å². The summed E-state index contributed by atoms with van der Waals surface area (Å²) < 4.78 is 0. The van der Waals surface area contributed by atoms with Crippen molar-refractivity contribution in [1.82, 2.24) is 0 Å². The Kier molecular flexibility index (Phi) is 24.6. The van der Waals surface area contributed by atoms with Crippen LogP contribution in [0.15, 0.2) is 54.6 Å². The summed E-state index contributed by atoms with van der Waals surface area (Å²) in [6.45, 7) is 13.9. The lowest BCUT2D eigenvalue weighted by molar-refractivity contribution is 1.50. The van der Waals surface area contributed by atoms with Crippen LogP contribution in [0.1, 0.15) is 41.5 Å². The first-order chi connectivity index (χ1) is 10.4. The molecular weight excluding hydrogens is 273 g/mol. The Bertz CT molecular complexity index is 399. The molecule has 0 radical (unpaired) electrons. The number of hydrogen-bond acceptors (Lipinski definition) is 1. The summed E-state index contributed by atoms with van der Waals surface area (Å²) in [5.41, 5.74) is 8.87. The lowest BCUT2D eigenvalue weighted by Gasteiger charge is -2.01. The first kappa shape index (κ1) is 24.7. The Balaban J connectivity index is -0.000000353. The third-order valence-electron chi connectivity index (χ3n) is 1.99. The zero-order chi connectivity index (χ0) is 17.1. The minimum atomic E-state index is 0.807. The Morgan fingerprint density at radius 1 is 0.619 bits per heavy atom. The van der Waals surface area contributed by atoms with Crippen LogP contribution < -0.4 is 5.73 Å². The molecule has 0 amide bonds. The van der Waals surface area contributed by atoms with E-state index in [1.165, 1.54) is 11.1 Å². The van der Waals surface area contributed by atoms with Crippen molar-refractivity contribution in [2.24, 2.45) is 0 Å². The first-order valence-electron chi connectivity index (χ1n) is 7.85. The summed E-state index contributed by atoms with van der Waals surface area (Å²) in [5, 5.41) is 0. The van der Waals surface area contributed by atoms with Gasteiger partial charge in [0.05, 0.1) is 0 Å². The highest BCUT2D eigenvalue weighted by atomic mass is 31.0. The monoisotopic (exact) mass is 307 g/mol. The maximum absolute atomic E-state index is 5.70. The SMILES string of the molecule is CC.CC.CC.CP.Nc1cccc(-c2ccccc2)c1. The van der Waals surface area contributed by atoms with E-state index in [-0.39, 0.29) is 0 Å². The summed E-state index contributed by atoms with van der Waals surface area (Å²) in [6.07, 6.45) is 0. The molecule has 0 saturated heterocycles. The van der Waals surface area contributed by atoms with Gasteiger partial charge in [-0.1, -0.05) is 90.7 Å². The number of hydrogen-bond donors (Lipinski definition) is 1. The predicted molar refractivity (Wildman–Crippen MR) is 106 cm³/mol. The van der Waals surface area contributed by atoms with Gasteiger partial charge in [0.1, 0.15) is 0 Å². The minimum Gasteiger partial charge on any atom is -0.399 e. The third-order valence-corrected chi connectivity index (χ3v) is 1.99. The van der Waals surface area contributed by atoms with E-state index in [0.717, 1.165) is 5.69 Å². The second kappa shape index (κ2) is 21.0. The number of nitrogen functional groups attached to an aromatic ring is 1. The standard InChI is InChI=1S/C12H11N.3C2H6.CH5P/c13-12-8-4-7-11(9-12)10-5-2-1-3-6-10;4*1-2/h1-9H,13H2;3*1-2H3;2H2,1H3. The molecule has 0 aliphatic rings. The number of rotatable bonds is 1. The van der Waals surface area contributed by atoms with Crippen molar-refractivity contribution >= 4 is 14.9 Å². The van der Waals surface area contributed by atoms with Crippen molar-refractivity contribution in [3.63, 3.8) is 0 Å². The van der Waals surface area contributed by atoms with Crippen molar-refractivity contribution in [2.45, 2.75) is 41.5 Å². The molecule has 0 aliphatic carbocycles. The van der Waals surface area contributed by atoms with Crippen molar-refractivity contribution < 1.29 is 0 Å². The van der Waals surface area contributed by atoms with Gasteiger partial charge in [-0.2, -0.15) is 0 Å². The smallest absolute Gasteiger partial charge is 0.0320 e. The lowest BCUT2D eigenvalue weighted by atomic mass is 10.1. The van der Waals surface area contributed by atoms with Gasteiger partial charge in [0.15, 0.2) is 0 Å². The largest absolute Gasteiger partial charge is 0.399 e. The van der Waals surface area contributed by atoms with Gasteiger partial charge in [-0.25, -0.2) is 0 Å². The van der Waals surface area contributed by atoms with Gasteiger partial charge in [-0.15, -0.1) is 9.24 Å². The van der Waals surface area contributed by atoms with Crippen molar-refractivity contribution in [3.8, 4) is 11.1 Å². The van der Waals surface area contributed by atoms with Gasteiger partial charge in [-0.3, -0.25) is 0 Å². The van der Waals surface area contributed by atoms with Crippen molar-refractivity contribution in [2.75, 3.05) is 12.4 Å². The van der Waals surface area contributed by atoms with Gasteiger partial charge in [0, 0.05) is 5.69 Å². The van der Waals surface area contributed by atoms with Gasteiger partial charge >= 0.3 is 0 Å². The molecule has 1 atom stereocenters. The Hall–Kier alpha value is -1.33. The number of nitrogens with two attached hydrogens (primary N) is 1. The van der Waals surface area contributed by atoms with Gasteiger partial charge < -0.3 is 5.73 Å². The quantitative estimate of drug-likeness (QED) is 0.472. The van der Waals surface area contributed by atoms with E-state index in [0.29, 0.717) is 0 Å². The molecule has 0 aliphatic heterocycles. The average molecular weight is 307 g/mol. The minimum absolute atomic E-state index is 0.807. The fourth-order valence-corrected chi connectivity index (χ4v) is 1.35. The summed E-state index contributed by atoms with van der Waals surface area (Å²) in [7, 11) is 2.42. The molecule has 2 heteroatoms. The molecule has 1 nitrogen and oxygen atoms in total. The summed E-state index contributed by atoms with van der Waals surface area (Å²) >= 11 is 0. The van der Waals surface area contributed by atoms with Crippen LogP contribution in [0.4, 0.5) is 5.69 Å². The van der Waals surface area contributed by atoms with Crippen molar-refractivity contribution in [3.05, 3.63) is 54.6 Å². The normalized spacial score (nSPS) is 7.24. The fraction of sp³-hybridized carbons (Fsp3) is 0.368. The van der Waals surface area contributed by atoms with Gasteiger partial charge in [-0.05, 0) is 23.3 Å². The van der Waals surface area contributed by atoms with Gasteiger partial charge in [0.2, 0.25) is 0 Å². The first-order valence-corrected chi connectivity index (χ1v) is 9.00. The molecule has 0 heterocycles. The highest BCUT2D eigenvalue weighted by Gasteiger charge is 1.94. The van der Waals surface area contributed by atoms with E-state index < -0.39 is 0 Å². The Morgan fingerprint density at radius 2 is 1.05 bits per heavy atom. The molecule has 120 valence electrons. The maximum Gasteiger partial charge on any atom is 0.0320 e. The lowest BCUT2D eigenvalue weighted by Crippen LogP contribution is -1.84. The van der Waals surface area contributed by atoms with E-state index >= 15 is 0 Å². The zero-order valence-corrected chi connectivity index (χ0v) is 16.0. The molecule has 2 N–H and O–H groups in total. The average Bonchev–Trinajstić information content (AvgIpc) is 2.63. The molecule has 0 fully saturated rings. The highest BCUT2D eigenvalue weighted by molar-refractivity contribution is 7.15. The number of anilines is 1. The molecule has 21 heavy (non-hydrogen) atoms. The molecule has 2 rings (SSSR count). The van der Waals surface area contributed by atoms with Crippen LogP contribution >= 0.6 is 9.24 Å². The van der Waals surface area contributed by atoms with Crippen LogP contribution in [-0.4, -0.2) is 6.66 Å². The predicted octanol–water partition coefficient (Wildman–Crippen LogP) is 6.51. The topological polar surface area (TPSA) is 26.0 Å². The molecule has 2 aromatic carbocycles. The van der Waals surface area contributed by atoms with E-state index in [4.69, 9.17) is 5.73 Å². The van der Waals surface area contributed by atoms with E-state index in [1.807, 2.05) is 84.6 Å². The van der Waals surface area contributed by atoms with Crippen LogP contribution in [0.3, 0.4) is 0 Å². The van der Waals surface area contributed by atoms with Crippen molar-refractivity contribution in [1.29, 1.82) is 0 Å². The molecule has 1 unspecified atom stereocenters. The number of benzene rings is 2. The molecular formula is C19H34NP. The molecule has 0 aromatic heterocycles. The van der Waals surface area contributed by atoms with Crippen LogP contribution in [0.2, 0.25) is 0 Å². The zero-order valence-electron chi connectivity index (χ0n) is 14.9. The fourth-order valence-electron chi connectivity index (χ4n) is 1.35. The second-order valence-electron chi connectivity index (χ2n) is 2.99.